The van der Waals surface area contributed by atoms with Crippen LogP contribution in [0, 0.1) is 11.8 Å². The van der Waals surface area contributed by atoms with E-state index in [1.165, 1.54) is 11.3 Å². The number of likely N-dealkylation sites (tertiary alicyclic amines) is 1. The molecule has 3 rings (SSSR count). The van der Waals surface area contributed by atoms with Gasteiger partial charge in [-0.3, -0.25) is 14.5 Å². The summed E-state index contributed by atoms with van der Waals surface area (Å²) in [5.41, 5.74) is 2.63. The molecule has 1 aliphatic heterocycles. The van der Waals surface area contributed by atoms with Crippen molar-refractivity contribution in [2.45, 2.75) is 32.7 Å². The maximum absolute atomic E-state index is 12.8. The van der Waals surface area contributed by atoms with Crippen LogP contribution in [0.15, 0.2) is 29.8 Å². The Hall–Kier alpha value is -2.52. The molecule has 0 aliphatic carbocycles. The molecule has 1 fully saturated rings. The van der Waals surface area contributed by atoms with E-state index in [0.717, 1.165) is 30.7 Å². The highest BCUT2D eigenvalue weighted by molar-refractivity contribution is 7.13. The Bertz CT molecular complexity index is 826. The minimum Gasteiger partial charge on any atom is -0.497 e. The fraction of sp³-hybridized carbons (Fsp3) is 0.524. The molecular weight excluding hydrogens is 402 g/mol. The van der Waals surface area contributed by atoms with Crippen LogP contribution in [0.5, 0.6) is 5.75 Å². The molecule has 8 nitrogen and oxygen atoms in total. The Morgan fingerprint density at radius 1 is 1.30 bits per heavy atom. The van der Waals surface area contributed by atoms with Crippen molar-refractivity contribution >= 4 is 28.3 Å². The molecule has 0 spiro atoms. The van der Waals surface area contributed by atoms with Crippen molar-refractivity contribution < 1.29 is 14.3 Å². The molecule has 2 heterocycles. The van der Waals surface area contributed by atoms with Gasteiger partial charge in [0.2, 0.25) is 16.9 Å². The van der Waals surface area contributed by atoms with Gasteiger partial charge in [0.05, 0.1) is 25.6 Å². The highest BCUT2D eigenvalue weighted by atomic mass is 32.1. The van der Waals surface area contributed by atoms with Gasteiger partial charge >= 0.3 is 0 Å². The molecule has 2 amide bonds. The van der Waals surface area contributed by atoms with Crippen LogP contribution in [-0.4, -0.2) is 53.7 Å². The molecule has 0 saturated carbocycles. The summed E-state index contributed by atoms with van der Waals surface area (Å²) >= 11 is 1.30. The lowest BCUT2D eigenvalue weighted by Gasteiger charge is -2.32. The van der Waals surface area contributed by atoms with Crippen LogP contribution in [0.2, 0.25) is 0 Å². The lowest BCUT2D eigenvalue weighted by atomic mass is 9.95. The van der Waals surface area contributed by atoms with Crippen LogP contribution < -0.4 is 15.4 Å². The van der Waals surface area contributed by atoms with Crippen molar-refractivity contribution in [2.75, 3.05) is 32.1 Å². The Morgan fingerprint density at radius 2 is 2.07 bits per heavy atom. The van der Waals surface area contributed by atoms with Crippen LogP contribution in [0.4, 0.5) is 5.13 Å². The molecule has 9 heteroatoms. The second-order valence-electron chi connectivity index (χ2n) is 7.87. The Labute approximate surface area is 181 Å². The number of carbonyl (C=O) groups is 2. The fourth-order valence-corrected chi connectivity index (χ4v) is 4.16. The average molecular weight is 432 g/mol. The largest absolute Gasteiger partial charge is 0.497 e. The van der Waals surface area contributed by atoms with Crippen molar-refractivity contribution in [2.24, 2.45) is 11.8 Å². The first-order valence-corrected chi connectivity index (χ1v) is 11.1. The summed E-state index contributed by atoms with van der Waals surface area (Å²) in [7, 11) is 1.64. The first kappa shape index (κ1) is 22.2. The van der Waals surface area contributed by atoms with Crippen LogP contribution in [0.25, 0.3) is 0 Å². The molecule has 162 valence electrons. The Morgan fingerprint density at radius 3 is 2.70 bits per heavy atom. The van der Waals surface area contributed by atoms with E-state index in [-0.39, 0.29) is 36.2 Å². The number of anilines is 1. The molecule has 30 heavy (non-hydrogen) atoms. The van der Waals surface area contributed by atoms with E-state index in [0.29, 0.717) is 11.7 Å². The number of hydrogen-bond acceptors (Lipinski definition) is 7. The van der Waals surface area contributed by atoms with Gasteiger partial charge in [-0.25, -0.2) is 0 Å². The van der Waals surface area contributed by atoms with Gasteiger partial charge in [0.25, 0.3) is 0 Å². The normalized spacial score (nSPS) is 18.1. The average Bonchev–Trinajstić information content (AvgIpc) is 3.25. The second-order valence-corrected chi connectivity index (χ2v) is 8.70. The molecule has 2 N–H and O–H groups in total. The first-order valence-electron chi connectivity index (χ1n) is 10.2. The molecule has 0 radical (unpaired) electrons. The standard InChI is InChI=1S/C21H29N5O3S/c1-14(2)19(15-6-8-17(29-3)9-7-15)23-18(27)12-26-10-4-5-16(11-26)20(28)24-21-25-22-13-30-21/h6-9,13-14,16,19H,4-5,10-12H2,1-3H3,(H,23,27)(H,24,25,28)/t16-,19-/m0/s1. The topological polar surface area (TPSA) is 96.5 Å². The number of benzene rings is 1. The van der Waals surface area contributed by atoms with Crippen LogP contribution in [0.1, 0.15) is 38.3 Å². The molecule has 2 aromatic rings. The number of hydrogen-bond donors (Lipinski definition) is 2. The number of carbonyl (C=O) groups excluding carboxylic acids is 2. The van der Waals surface area contributed by atoms with E-state index in [1.54, 1.807) is 12.6 Å². The van der Waals surface area contributed by atoms with Crippen molar-refractivity contribution in [3.05, 3.63) is 35.3 Å². The second kappa shape index (κ2) is 10.5. The third-order valence-electron chi connectivity index (χ3n) is 5.29. The quantitative estimate of drug-likeness (QED) is 0.667. The van der Waals surface area contributed by atoms with Gasteiger partial charge in [-0.1, -0.05) is 37.3 Å². The highest BCUT2D eigenvalue weighted by Gasteiger charge is 2.28. The zero-order chi connectivity index (χ0) is 21.5. The van der Waals surface area contributed by atoms with E-state index in [9.17, 15) is 9.59 Å². The van der Waals surface area contributed by atoms with E-state index < -0.39 is 0 Å². The monoisotopic (exact) mass is 431 g/mol. The number of amides is 2. The van der Waals surface area contributed by atoms with Gasteiger partial charge in [0.1, 0.15) is 11.3 Å². The van der Waals surface area contributed by atoms with Gasteiger partial charge < -0.3 is 15.4 Å². The molecular formula is C21H29N5O3S. The number of ether oxygens (including phenoxy) is 1. The number of rotatable bonds is 8. The van der Waals surface area contributed by atoms with Crippen molar-refractivity contribution in [3.8, 4) is 5.75 Å². The van der Waals surface area contributed by atoms with Gasteiger partial charge in [0.15, 0.2) is 0 Å². The van der Waals surface area contributed by atoms with Crippen molar-refractivity contribution in [1.29, 1.82) is 0 Å². The predicted molar refractivity (Wildman–Crippen MR) is 116 cm³/mol. The summed E-state index contributed by atoms with van der Waals surface area (Å²) < 4.78 is 5.22. The molecule has 1 aromatic carbocycles. The molecule has 1 aromatic heterocycles. The van der Waals surface area contributed by atoms with Crippen LogP contribution in [0.3, 0.4) is 0 Å². The number of nitrogens with zero attached hydrogens (tertiary/aromatic N) is 3. The third-order valence-corrected chi connectivity index (χ3v) is 5.90. The summed E-state index contributed by atoms with van der Waals surface area (Å²) in [5.74, 6) is 0.788. The van der Waals surface area contributed by atoms with Crippen molar-refractivity contribution in [1.82, 2.24) is 20.4 Å². The summed E-state index contributed by atoms with van der Waals surface area (Å²) in [6.07, 6.45) is 1.69. The summed E-state index contributed by atoms with van der Waals surface area (Å²) in [6.45, 7) is 5.83. The lowest BCUT2D eigenvalue weighted by Crippen LogP contribution is -2.46. The lowest BCUT2D eigenvalue weighted by molar-refractivity contribution is -0.126. The van der Waals surface area contributed by atoms with Gasteiger partial charge in [-0.15, -0.1) is 10.2 Å². The van der Waals surface area contributed by atoms with Gasteiger partial charge in [-0.05, 0) is 43.0 Å². The summed E-state index contributed by atoms with van der Waals surface area (Å²) in [4.78, 5) is 27.3. The molecule has 0 bridgehead atoms. The Balaban J connectivity index is 1.55. The predicted octanol–water partition coefficient (Wildman–Crippen LogP) is 2.71. The first-order chi connectivity index (χ1) is 14.5. The smallest absolute Gasteiger partial charge is 0.234 e. The van der Waals surface area contributed by atoms with E-state index in [1.807, 2.05) is 24.3 Å². The van der Waals surface area contributed by atoms with Crippen molar-refractivity contribution in [3.63, 3.8) is 0 Å². The zero-order valence-corrected chi connectivity index (χ0v) is 18.4. The number of piperidine rings is 1. The van der Waals surface area contributed by atoms with Crippen LogP contribution in [-0.2, 0) is 9.59 Å². The van der Waals surface area contributed by atoms with Crippen LogP contribution >= 0.6 is 11.3 Å². The molecule has 1 aliphatic rings. The molecule has 1 saturated heterocycles. The van der Waals surface area contributed by atoms with Gasteiger partial charge in [-0.2, -0.15) is 0 Å². The van der Waals surface area contributed by atoms with E-state index in [4.69, 9.17) is 4.74 Å². The van der Waals surface area contributed by atoms with E-state index >= 15 is 0 Å². The maximum atomic E-state index is 12.8. The van der Waals surface area contributed by atoms with E-state index in [2.05, 4.69) is 39.6 Å². The SMILES string of the molecule is COc1ccc([C@@H](NC(=O)CN2CCC[C@H](C(=O)Nc3nncs3)C2)C(C)C)cc1. The third kappa shape index (κ3) is 5.99. The van der Waals surface area contributed by atoms with Gasteiger partial charge in [0, 0.05) is 6.54 Å². The fourth-order valence-electron chi connectivity index (χ4n) is 3.72. The number of methoxy groups -OCH3 is 1. The molecule has 0 unspecified atom stereocenters. The number of aromatic nitrogens is 2. The minimum atomic E-state index is -0.155. The zero-order valence-electron chi connectivity index (χ0n) is 17.6. The molecule has 2 atom stereocenters. The minimum absolute atomic E-state index is 0.0327. The Kier molecular flexibility index (Phi) is 7.75. The maximum Gasteiger partial charge on any atom is 0.234 e. The highest BCUT2D eigenvalue weighted by Crippen LogP contribution is 2.24. The summed E-state index contributed by atoms with van der Waals surface area (Å²) in [5, 5.41) is 14.1. The summed E-state index contributed by atoms with van der Waals surface area (Å²) in [6, 6.07) is 7.70. The number of nitrogens with one attached hydrogen (secondary N) is 2.